The van der Waals surface area contributed by atoms with Crippen LogP contribution in [0.2, 0.25) is 0 Å². The summed E-state index contributed by atoms with van der Waals surface area (Å²) in [6, 6.07) is 21.7. The quantitative estimate of drug-likeness (QED) is 0.520. The van der Waals surface area contributed by atoms with Gasteiger partial charge in [0.05, 0.1) is 6.17 Å². The Labute approximate surface area is 182 Å². The summed E-state index contributed by atoms with van der Waals surface area (Å²) in [5.41, 5.74) is 2.65. The van der Waals surface area contributed by atoms with Crippen molar-refractivity contribution in [1.82, 2.24) is 4.90 Å². The van der Waals surface area contributed by atoms with Gasteiger partial charge in [0.1, 0.15) is 0 Å². The molecule has 1 aliphatic heterocycles. The highest BCUT2D eigenvalue weighted by atomic mass is 35.5. The van der Waals surface area contributed by atoms with Crippen LogP contribution in [-0.4, -0.2) is 42.8 Å². The molecule has 2 N–H and O–H groups in total. The molecule has 1 unspecified atom stereocenters. The Bertz CT molecular complexity index is 648. The summed E-state index contributed by atoms with van der Waals surface area (Å²) < 4.78 is 5.97. The van der Waals surface area contributed by atoms with Crippen LogP contribution in [-0.2, 0) is 11.3 Å². The summed E-state index contributed by atoms with van der Waals surface area (Å²) >= 11 is 0. The SMILES string of the molecule is CC(C)COCCC(N1CCCC1)N(Cc1ccccc1)c1ccccc1.Cl.O. The van der Waals surface area contributed by atoms with E-state index in [-0.39, 0.29) is 17.9 Å². The van der Waals surface area contributed by atoms with Gasteiger partial charge in [0, 0.05) is 45.0 Å². The van der Waals surface area contributed by atoms with Crippen molar-refractivity contribution in [1.29, 1.82) is 0 Å². The van der Waals surface area contributed by atoms with E-state index in [1.54, 1.807) is 0 Å². The van der Waals surface area contributed by atoms with Crippen LogP contribution in [0.1, 0.15) is 38.7 Å². The Morgan fingerprint density at radius 3 is 2.10 bits per heavy atom. The first kappa shape index (κ1) is 25.4. The predicted molar refractivity (Wildman–Crippen MR) is 125 cm³/mol. The number of nitrogens with zero attached hydrogens (tertiary/aromatic N) is 2. The van der Waals surface area contributed by atoms with Gasteiger partial charge in [-0.3, -0.25) is 4.90 Å². The largest absolute Gasteiger partial charge is 0.412 e. The predicted octanol–water partition coefficient (Wildman–Crippen LogP) is 4.77. The summed E-state index contributed by atoms with van der Waals surface area (Å²) in [6.07, 6.45) is 4.02. The van der Waals surface area contributed by atoms with Crippen molar-refractivity contribution in [3.05, 3.63) is 66.2 Å². The normalized spacial score (nSPS) is 14.9. The molecule has 162 valence electrons. The van der Waals surface area contributed by atoms with Gasteiger partial charge in [-0.05, 0) is 36.5 Å². The van der Waals surface area contributed by atoms with Crippen LogP contribution < -0.4 is 4.90 Å². The molecule has 1 aliphatic rings. The standard InChI is InChI=1S/C24H34N2O.ClH.H2O/c1-21(2)20-27-18-15-24(25-16-9-10-17-25)26(23-13-7-4-8-14-23)19-22-11-5-3-6-12-22;;/h3-8,11-14,21,24H,9-10,15-20H2,1-2H3;1H;1H2. The number of halogens is 1. The van der Waals surface area contributed by atoms with Crippen LogP contribution in [0.3, 0.4) is 0 Å². The summed E-state index contributed by atoms with van der Waals surface area (Å²) in [7, 11) is 0. The molecule has 0 aromatic heterocycles. The fourth-order valence-electron chi connectivity index (χ4n) is 3.85. The summed E-state index contributed by atoms with van der Waals surface area (Å²) in [4.78, 5) is 5.22. The molecule has 5 heteroatoms. The van der Waals surface area contributed by atoms with E-state index in [4.69, 9.17) is 4.74 Å². The molecule has 0 radical (unpaired) electrons. The molecular formula is C24H37ClN2O2. The fraction of sp³-hybridized carbons (Fsp3) is 0.500. The fourth-order valence-corrected chi connectivity index (χ4v) is 3.85. The highest BCUT2D eigenvalue weighted by Crippen LogP contribution is 2.26. The molecule has 1 fully saturated rings. The molecule has 0 saturated carbocycles. The van der Waals surface area contributed by atoms with Crippen LogP contribution in [0, 0.1) is 5.92 Å². The maximum atomic E-state index is 5.97. The lowest BCUT2D eigenvalue weighted by molar-refractivity contribution is 0.0849. The van der Waals surface area contributed by atoms with Crippen molar-refractivity contribution in [3.8, 4) is 0 Å². The third-order valence-corrected chi connectivity index (χ3v) is 5.18. The smallest absolute Gasteiger partial charge is 0.0846 e. The zero-order valence-corrected chi connectivity index (χ0v) is 18.6. The molecule has 2 aromatic rings. The minimum Gasteiger partial charge on any atom is -0.412 e. The zero-order valence-electron chi connectivity index (χ0n) is 17.8. The van der Waals surface area contributed by atoms with Crippen LogP contribution in [0.4, 0.5) is 5.69 Å². The number of likely N-dealkylation sites (tertiary alicyclic amines) is 1. The molecule has 1 heterocycles. The first-order valence-corrected chi connectivity index (χ1v) is 10.4. The van der Waals surface area contributed by atoms with Gasteiger partial charge in [-0.2, -0.15) is 0 Å². The van der Waals surface area contributed by atoms with Crippen LogP contribution in [0.15, 0.2) is 60.7 Å². The van der Waals surface area contributed by atoms with Gasteiger partial charge in [-0.1, -0.05) is 62.4 Å². The minimum absolute atomic E-state index is 0. The molecule has 29 heavy (non-hydrogen) atoms. The van der Waals surface area contributed by atoms with Gasteiger partial charge in [-0.15, -0.1) is 12.4 Å². The Morgan fingerprint density at radius 1 is 0.931 bits per heavy atom. The molecule has 2 aromatic carbocycles. The molecule has 3 rings (SSSR count). The molecule has 1 saturated heterocycles. The van der Waals surface area contributed by atoms with Crippen molar-refractivity contribution in [2.75, 3.05) is 31.2 Å². The van der Waals surface area contributed by atoms with Crippen molar-refractivity contribution in [2.24, 2.45) is 5.92 Å². The number of benzene rings is 2. The Balaban J connectivity index is 0.00000210. The summed E-state index contributed by atoms with van der Waals surface area (Å²) in [6.45, 7) is 9.39. The van der Waals surface area contributed by atoms with Gasteiger partial charge < -0.3 is 15.1 Å². The molecule has 0 amide bonds. The number of ether oxygens (including phenoxy) is 1. The van der Waals surface area contributed by atoms with Gasteiger partial charge in [0.15, 0.2) is 0 Å². The Morgan fingerprint density at radius 2 is 1.52 bits per heavy atom. The van der Waals surface area contributed by atoms with E-state index >= 15 is 0 Å². The van der Waals surface area contributed by atoms with Crippen LogP contribution >= 0.6 is 12.4 Å². The maximum absolute atomic E-state index is 5.97. The first-order valence-electron chi connectivity index (χ1n) is 10.4. The zero-order chi connectivity index (χ0) is 18.9. The summed E-state index contributed by atoms with van der Waals surface area (Å²) in [5, 5.41) is 0. The van der Waals surface area contributed by atoms with Gasteiger partial charge in [0.25, 0.3) is 0 Å². The first-order chi connectivity index (χ1) is 13.2. The van der Waals surface area contributed by atoms with E-state index in [1.165, 1.54) is 37.2 Å². The monoisotopic (exact) mass is 420 g/mol. The van der Waals surface area contributed by atoms with Crippen molar-refractivity contribution >= 4 is 18.1 Å². The molecule has 4 nitrogen and oxygen atoms in total. The molecule has 0 bridgehead atoms. The second kappa shape index (κ2) is 13.6. The Hall–Kier alpha value is -1.59. The lowest BCUT2D eigenvalue weighted by atomic mass is 10.1. The second-order valence-electron chi connectivity index (χ2n) is 7.93. The van der Waals surface area contributed by atoms with E-state index in [9.17, 15) is 0 Å². The highest BCUT2D eigenvalue weighted by molar-refractivity contribution is 5.85. The van der Waals surface area contributed by atoms with E-state index in [1.807, 2.05) is 0 Å². The number of para-hydroxylation sites is 1. The average molecular weight is 421 g/mol. The molecule has 1 atom stereocenters. The highest BCUT2D eigenvalue weighted by Gasteiger charge is 2.27. The third kappa shape index (κ3) is 7.98. The minimum atomic E-state index is 0. The average Bonchev–Trinajstić information content (AvgIpc) is 3.22. The number of rotatable bonds is 10. The van der Waals surface area contributed by atoms with E-state index < -0.39 is 0 Å². The lowest BCUT2D eigenvalue weighted by Gasteiger charge is -2.39. The molecule has 0 aliphatic carbocycles. The molecule has 0 spiro atoms. The lowest BCUT2D eigenvalue weighted by Crippen LogP contribution is -2.48. The Kier molecular flexibility index (Phi) is 11.9. The molecular weight excluding hydrogens is 384 g/mol. The van der Waals surface area contributed by atoms with E-state index in [2.05, 4.69) is 84.3 Å². The topological polar surface area (TPSA) is 47.2 Å². The van der Waals surface area contributed by atoms with E-state index in [0.717, 1.165) is 26.2 Å². The van der Waals surface area contributed by atoms with Gasteiger partial charge >= 0.3 is 0 Å². The third-order valence-electron chi connectivity index (χ3n) is 5.18. The van der Waals surface area contributed by atoms with Gasteiger partial charge in [0.2, 0.25) is 0 Å². The maximum Gasteiger partial charge on any atom is 0.0846 e. The summed E-state index contributed by atoms with van der Waals surface area (Å²) in [5.74, 6) is 0.588. The van der Waals surface area contributed by atoms with Crippen LogP contribution in [0.25, 0.3) is 0 Å². The van der Waals surface area contributed by atoms with Crippen LogP contribution in [0.5, 0.6) is 0 Å². The van der Waals surface area contributed by atoms with Crippen molar-refractivity contribution in [3.63, 3.8) is 0 Å². The second-order valence-corrected chi connectivity index (χ2v) is 7.93. The van der Waals surface area contributed by atoms with Crippen molar-refractivity contribution < 1.29 is 10.2 Å². The number of anilines is 1. The number of hydrogen-bond donors (Lipinski definition) is 0. The van der Waals surface area contributed by atoms with Gasteiger partial charge in [-0.25, -0.2) is 0 Å². The van der Waals surface area contributed by atoms with E-state index in [0.29, 0.717) is 12.1 Å². The number of hydrogen-bond acceptors (Lipinski definition) is 3. The van der Waals surface area contributed by atoms with Crippen molar-refractivity contribution in [2.45, 2.75) is 45.8 Å².